The lowest BCUT2D eigenvalue weighted by atomic mass is 10.1. The summed E-state index contributed by atoms with van der Waals surface area (Å²) < 4.78 is 10.5. The highest BCUT2D eigenvalue weighted by atomic mass is 35.5. The molecule has 1 amide bonds. The summed E-state index contributed by atoms with van der Waals surface area (Å²) in [6.45, 7) is 2.71. The van der Waals surface area contributed by atoms with E-state index < -0.39 is 0 Å². The second kappa shape index (κ2) is 9.15. The van der Waals surface area contributed by atoms with Crippen LogP contribution in [-0.2, 0) is 16.0 Å². The van der Waals surface area contributed by atoms with Crippen molar-refractivity contribution in [3.8, 4) is 11.5 Å². The van der Waals surface area contributed by atoms with E-state index in [4.69, 9.17) is 9.47 Å². The summed E-state index contributed by atoms with van der Waals surface area (Å²) in [7, 11) is 3.01. The normalized spacial score (nSPS) is 11.4. The van der Waals surface area contributed by atoms with E-state index in [1.54, 1.807) is 6.07 Å². The lowest BCUT2D eigenvalue weighted by Gasteiger charge is -2.16. The Morgan fingerprint density at radius 2 is 1.74 bits per heavy atom. The Balaban J connectivity index is 0.000000871. The fourth-order valence-electron chi connectivity index (χ4n) is 2.22. The van der Waals surface area contributed by atoms with Crippen LogP contribution in [0, 0.1) is 0 Å². The molecule has 7 heteroatoms. The molecule has 1 aliphatic rings. The Kier molecular flexibility index (Phi) is 8.32. The zero-order chi connectivity index (χ0) is 16.9. The first-order valence-electron chi connectivity index (χ1n) is 6.56. The summed E-state index contributed by atoms with van der Waals surface area (Å²) in [6.07, 6.45) is 1.07. The van der Waals surface area contributed by atoms with E-state index in [1.807, 2.05) is 0 Å². The summed E-state index contributed by atoms with van der Waals surface area (Å²) >= 11 is 4.64. The molecule has 0 bridgehead atoms. The van der Waals surface area contributed by atoms with Crippen LogP contribution < -0.4 is 14.8 Å². The van der Waals surface area contributed by atoms with Crippen LogP contribution >= 0.6 is 11.6 Å². The first-order chi connectivity index (χ1) is 10.3. The van der Waals surface area contributed by atoms with Gasteiger partial charge in [0, 0.05) is 25.8 Å². The Hall–Kier alpha value is -2.08. The number of methoxy groups -OCH3 is 2. The van der Waals surface area contributed by atoms with E-state index in [0.29, 0.717) is 35.6 Å². The number of benzene rings is 1. The quantitative estimate of drug-likeness (QED) is 0.852. The van der Waals surface area contributed by atoms with Crippen LogP contribution in [0.5, 0.6) is 11.5 Å². The van der Waals surface area contributed by atoms with Gasteiger partial charge in [0.2, 0.25) is 11.1 Å². The summed E-state index contributed by atoms with van der Waals surface area (Å²) in [5, 5.41) is 2.36. The van der Waals surface area contributed by atoms with Gasteiger partial charge in [-0.2, -0.15) is 0 Å². The van der Waals surface area contributed by atoms with Crippen LogP contribution in [0.25, 0.3) is 0 Å². The number of amides is 1. The maximum absolute atomic E-state index is 11.8. The molecule has 6 nitrogen and oxygen atoms in total. The molecule has 0 unspecified atom stereocenters. The van der Waals surface area contributed by atoms with Gasteiger partial charge >= 0.3 is 0 Å². The SMILES string of the molecule is C.CC(=O)Cl.COc1cc2c(c(NC(C)=O)c1OC)CCC2=O. The van der Waals surface area contributed by atoms with Crippen molar-refractivity contribution in [2.24, 2.45) is 0 Å². The van der Waals surface area contributed by atoms with Crippen molar-refractivity contribution in [2.45, 2.75) is 34.1 Å². The zero-order valence-electron chi connectivity index (χ0n) is 12.9. The van der Waals surface area contributed by atoms with Crippen LogP contribution in [0.3, 0.4) is 0 Å². The molecule has 0 saturated carbocycles. The lowest BCUT2D eigenvalue weighted by Crippen LogP contribution is -2.10. The third-order valence-electron chi connectivity index (χ3n) is 2.98. The predicted molar refractivity (Wildman–Crippen MR) is 89.8 cm³/mol. The van der Waals surface area contributed by atoms with Crippen LogP contribution in [-0.4, -0.2) is 31.2 Å². The maximum Gasteiger partial charge on any atom is 0.221 e. The van der Waals surface area contributed by atoms with Gasteiger partial charge in [-0.15, -0.1) is 0 Å². The number of rotatable bonds is 3. The van der Waals surface area contributed by atoms with Gasteiger partial charge < -0.3 is 14.8 Å². The number of hydrogen-bond acceptors (Lipinski definition) is 5. The molecule has 23 heavy (non-hydrogen) atoms. The molecule has 0 saturated heterocycles. The molecule has 0 radical (unpaired) electrons. The molecular weight excluding hydrogens is 322 g/mol. The van der Waals surface area contributed by atoms with Crippen LogP contribution in [0.2, 0.25) is 0 Å². The van der Waals surface area contributed by atoms with Crippen molar-refractivity contribution in [2.75, 3.05) is 19.5 Å². The molecule has 1 aromatic carbocycles. The van der Waals surface area contributed by atoms with Crippen molar-refractivity contribution in [3.05, 3.63) is 17.2 Å². The number of halogens is 1. The number of Topliss-reactive ketones (excluding diaryl/α,β-unsaturated/α-hetero) is 1. The third-order valence-corrected chi connectivity index (χ3v) is 2.98. The molecule has 1 N–H and O–H groups in total. The second-order valence-electron chi connectivity index (χ2n) is 4.59. The minimum Gasteiger partial charge on any atom is -0.493 e. The number of fused-ring (bicyclic) bond motifs is 1. The fraction of sp³-hybridized carbons (Fsp3) is 0.438. The van der Waals surface area contributed by atoms with Crippen molar-refractivity contribution >= 4 is 34.2 Å². The van der Waals surface area contributed by atoms with Gasteiger partial charge in [-0.1, -0.05) is 7.43 Å². The van der Waals surface area contributed by atoms with Gasteiger partial charge in [-0.05, 0) is 29.7 Å². The molecule has 1 aliphatic carbocycles. The van der Waals surface area contributed by atoms with Crippen LogP contribution in [0.4, 0.5) is 5.69 Å². The molecule has 0 spiro atoms. The van der Waals surface area contributed by atoms with Gasteiger partial charge in [0.15, 0.2) is 17.3 Å². The van der Waals surface area contributed by atoms with Gasteiger partial charge in [0.05, 0.1) is 19.9 Å². The summed E-state index contributed by atoms with van der Waals surface area (Å²) in [4.78, 5) is 32.2. The Labute approximate surface area is 141 Å². The molecule has 2 rings (SSSR count). The smallest absolute Gasteiger partial charge is 0.221 e. The number of ether oxygens (including phenoxy) is 2. The number of anilines is 1. The van der Waals surface area contributed by atoms with E-state index in [9.17, 15) is 14.4 Å². The monoisotopic (exact) mass is 343 g/mol. The third kappa shape index (κ3) is 5.25. The predicted octanol–water partition coefficient (Wildman–Crippen LogP) is 3.20. The lowest BCUT2D eigenvalue weighted by molar-refractivity contribution is -0.114. The molecule has 0 fully saturated rings. The second-order valence-corrected chi connectivity index (χ2v) is 5.12. The average Bonchev–Trinajstić information content (AvgIpc) is 2.78. The highest BCUT2D eigenvalue weighted by Crippen LogP contribution is 2.43. The van der Waals surface area contributed by atoms with E-state index in [0.717, 1.165) is 5.56 Å². The molecule has 128 valence electrons. The average molecular weight is 344 g/mol. The van der Waals surface area contributed by atoms with E-state index in [-0.39, 0.29) is 24.4 Å². The topological polar surface area (TPSA) is 81.7 Å². The number of nitrogens with one attached hydrogen (secondary N) is 1. The van der Waals surface area contributed by atoms with Crippen molar-refractivity contribution in [1.82, 2.24) is 0 Å². The summed E-state index contributed by atoms with van der Waals surface area (Å²) in [5.74, 6) is 0.775. The first-order valence-corrected chi connectivity index (χ1v) is 6.94. The molecular formula is C16H22ClNO5. The largest absolute Gasteiger partial charge is 0.493 e. The minimum atomic E-state index is -0.361. The van der Waals surface area contributed by atoms with E-state index in [1.165, 1.54) is 28.1 Å². The highest BCUT2D eigenvalue weighted by molar-refractivity contribution is 6.62. The van der Waals surface area contributed by atoms with Crippen molar-refractivity contribution in [1.29, 1.82) is 0 Å². The number of carbonyl (C=O) groups is 3. The van der Waals surface area contributed by atoms with Gasteiger partial charge in [-0.25, -0.2) is 0 Å². The van der Waals surface area contributed by atoms with Crippen molar-refractivity contribution in [3.63, 3.8) is 0 Å². The summed E-state index contributed by atoms with van der Waals surface area (Å²) in [5.41, 5.74) is 1.98. The van der Waals surface area contributed by atoms with Gasteiger partial charge in [-0.3, -0.25) is 14.4 Å². The minimum absolute atomic E-state index is 0. The summed E-state index contributed by atoms with van der Waals surface area (Å²) in [6, 6.07) is 1.68. The number of ketones is 1. The Morgan fingerprint density at radius 3 is 2.17 bits per heavy atom. The molecule has 0 aliphatic heterocycles. The first kappa shape index (κ1) is 20.9. The Bertz CT molecular complexity index is 609. The fourth-order valence-corrected chi connectivity index (χ4v) is 2.22. The van der Waals surface area contributed by atoms with Gasteiger partial charge in [0.1, 0.15) is 0 Å². The van der Waals surface area contributed by atoms with E-state index >= 15 is 0 Å². The maximum atomic E-state index is 11.8. The van der Waals surface area contributed by atoms with Gasteiger partial charge in [0.25, 0.3) is 0 Å². The molecule has 1 aromatic rings. The molecule has 0 atom stereocenters. The Morgan fingerprint density at radius 1 is 1.17 bits per heavy atom. The van der Waals surface area contributed by atoms with Crippen molar-refractivity contribution < 1.29 is 23.9 Å². The standard InChI is InChI=1S/C13H15NO4.C2H3ClO.CH4/c1-7(15)14-12-8-4-5-10(16)9(8)6-11(17-2)13(12)18-3;1-2(3)4;/h6H,4-5H2,1-3H3,(H,14,15);1H3;1H4. The van der Waals surface area contributed by atoms with Crippen LogP contribution in [0.1, 0.15) is 43.6 Å². The zero-order valence-corrected chi connectivity index (χ0v) is 13.7. The van der Waals surface area contributed by atoms with Crippen LogP contribution in [0.15, 0.2) is 6.07 Å². The molecule has 0 aromatic heterocycles. The molecule has 0 heterocycles. The van der Waals surface area contributed by atoms with E-state index in [2.05, 4.69) is 16.9 Å². The number of carbonyl (C=O) groups excluding carboxylic acids is 3. The number of hydrogen-bond donors (Lipinski definition) is 1. The highest BCUT2D eigenvalue weighted by Gasteiger charge is 2.28.